The Kier molecular flexibility index (Phi) is 6.29. The van der Waals surface area contributed by atoms with Gasteiger partial charge in [-0.25, -0.2) is 0 Å². The Morgan fingerprint density at radius 3 is 2.69 bits per heavy atom. The molecule has 0 aliphatic heterocycles. The maximum absolute atomic E-state index is 12.2. The van der Waals surface area contributed by atoms with E-state index in [0.29, 0.717) is 19.4 Å². The summed E-state index contributed by atoms with van der Waals surface area (Å²) in [5.74, 6) is 0.821. The van der Waals surface area contributed by atoms with Gasteiger partial charge in [-0.15, -0.1) is 0 Å². The highest BCUT2D eigenvalue weighted by Crippen LogP contribution is 2.26. The summed E-state index contributed by atoms with van der Waals surface area (Å²) in [4.78, 5) is 12.2. The number of anilines is 1. The van der Waals surface area contributed by atoms with Gasteiger partial charge in [0.15, 0.2) is 0 Å². The minimum absolute atomic E-state index is 0.00495. The topological polar surface area (TPSA) is 38.3 Å². The fraction of sp³-hybridized carbons (Fsp3) is 0.227. The summed E-state index contributed by atoms with van der Waals surface area (Å²) >= 11 is 3.53. The fourth-order valence-corrected chi connectivity index (χ4v) is 3.38. The normalized spacial score (nSPS) is 10.7. The van der Waals surface area contributed by atoms with Gasteiger partial charge in [-0.3, -0.25) is 4.79 Å². The lowest BCUT2D eigenvalue weighted by Crippen LogP contribution is -2.13. The summed E-state index contributed by atoms with van der Waals surface area (Å²) in [6, 6.07) is 20.1. The van der Waals surface area contributed by atoms with Crippen molar-refractivity contribution in [3.05, 3.63) is 70.7 Å². The van der Waals surface area contributed by atoms with E-state index >= 15 is 0 Å². The van der Waals surface area contributed by atoms with Crippen molar-refractivity contribution in [1.82, 2.24) is 0 Å². The number of carbonyl (C=O) groups excluding carboxylic acids is 1. The van der Waals surface area contributed by atoms with Crippen molar-refractivity contribution in [2.75, 3.05) is 11.9 Å². The molecule has 0 heterocycles. The van der Waals surface area contributed by atoms with Gasteiger partial charge in [0.2, 0.25) is 5.91 Å². The minimum atomic E-state index is 0.00495. The van der Waals surface area contributed by atoms with Crippen molar-refractivity contribution in [1.29, 1.82) is 0 Å². The minimum Gasteiger partial charge on any atom is -0.492 e. The molecule has 4 heteroatoms. The van der Waals surface area contributed by atoms with Crippen molar-refractivity contribution in [2.24, 2.45) is 0 Å². The molecule has 1 amide bonds. The number of amides is 1. The molecule has 3 rings (SSSR count). The van der Waals surface area contributed by atoms with Gasteiger partial charge in [-0.1, -0.05) is 49.4 Å². The number of hydrogen-bond donors (Lipinski definition) is 1. The molecule has 0 aromatic heterocycles. The van der Waals surface area contributed by atoms with E-state index in [9.17, 15) is 4.79 Å². The van der Waals surface area contributed by atoms with Crippen molar-refractivity contribution >= 4 is 38.3 Å². The Hall–Kier alpha value is -2.33. The molecule has 0 fully saturated rings. The van der Waals surface area contributed by atoms with Gasteiger partial charge in [0, 0.05) is 17.5 Å². The molecular formula is C22H22BrNO2. The number of carbonyl (C=O) groups is 1. The summed E-state index contributed by atoms with van der Waals surface area (Å²) < 4.78 is 6.74. The molecule has 0 spiro atoms. The summed E-state index contributed by atoms with van der Waals surface area (Å²) in [6.45, 7) is 2.63. The number of ether oxygens (including phenoxy) is 1. The summed E-state index contributed by atoms with van der Waals surface area (Å²) in [5, 5.41) is 5.18. The van der Waals surface area contributed by atoms with E-state index < -0.39 is 0 Å². The molecule has 0 unspecified atom stereocenters. The third-order valence-corrected chi connectivity index (χ3v) is 4.89. The molecule has 0 aliphatic rings. The molecule has 3 nitrogen and oxygen atoms in total. The van der Waals surface area contributed by atoms with Crippen LogP contribution < -0.4 is 10.1 Å². The highest BCUT2D eigenvalue weighted by atomic mass is 79.9. The van der Waals surface area contributed by atoms with Crippen molar-refractivity contribution in [3.63, 3.8) is 0 Å². The Morgan fingerprint density at radius 2 is 1.88 bits per heavy atom. The van der Waals surface area contributed by atoms with E-state index in [2.05, 4.69) is 40.3 Å². The SMILES string of the molecule is CCc1ccc(OCCCC(=O)Nc2cccc3ccccc23)c(Br)c1. The van der Waals surface area contributed by atoms with Crippen molar-refractivity contribution < 1.29 is 9.53 Å². The number of rotatable bonds is 7. The van der Waals surface area contributed by atoms with E-state index in [4.69, 9.17) is 4.74 Å². The van der Waals surface area contributed by atoms with E-state index in [1.165, 1.54) is 5.56 Å². The van der Waals surface area contributed by atoms with Gasteiger partial charge in [0.25, 0.3) is 0 Å². The van der Waals surface area contributed by atoms with Crippen LogP contribution in [0, 0.1) is 0 Å². The summed E-state index contributed by atoms with van der Waals surface area (Å²) in [6.07, 6.45) is 2.08. The second kappa shape index (κ2) is 8.86. The predicted molar refractivity (Wildman–Crippen MR) is 111 cm³/mol. The molecule has 0 bridgehead atoms. The molecule has 3 aromatic carbocycles. The molecule has 134 valence electrons. The lowest BCUT2D eigenvalue weighted by Gasteiger charge is -2.10. The number of fused-ring (bicyclic) bond motifs is 1. The Balaban J connectivity index is 1.50. The van der Waals surface area contributed by atoms with Crippen LogP contribution in [0.2, 0.25) is 0 Å². The summed E-state index contributed by atoms with van der Waals surface area (Å²) in [7, 11) is 0. The van der Waals surface area contributed by atoms with Gasteiger partial charge in [0.05, 0.1) is 11.1 Å². The number of aryl methyl sites for hydroxylation is 1. The Labute approximate surface area is 162 Å². The Morgan fingerprint density at radius 1 is 1.08 bits per heavy atom. The number of halogens is 1. The third-order valence-electron chi connectivity index (χ3n) is 4.27. The molecule has 0 atom stereocenters. The number of nitrogens with one attached hydrogen (secondary N) is 1. The van der Waals surface area contributed by atoms with E-state index in [0.717, 1.165) is 33.1 Å². The van der Waals surface area contributed by atoms with Crippen LogP contribution in [-0.4, -0.2) is 12.5 Å². The van der Waals surface area contributed by atoms with E-state index in [1.54, 1.807) is 0 Å². The van der Waals surface area contributed by atoms with Crippen LogP contribution in [0.4, 0.5) is 5.69 Å². The quantitative estimate of drug-likeness (QED) is 0.486. The van der Waals surface area contributed by atoms with E-state index in [-0.39, 0.29) is 5.91 Å². The van der Waals surface area contributed by atoms with Gasteiger partial charge in [0.1, 0.15) is 5.75 Å². The van der Waals surface area contributed by atoms with Crippen LogP contribution in [0.25, 0.3) is 10.8 Å². The molecule has 0 radical (unpaired) electrons. The molecule has 26 heavy (non-hydrogen) atoms. The lowest BCUT2D eigenvalue weighted by atomic mass is 10.1. The molecule has 1 N–H and O–H groups in total. The monoisotopic (exact) mass is 411 g/mol. The molecule has 0 aliphatic carbocycles. The van der Waals surface area contributed by atoms with Crippen LogP contribution in [0.15, 0.2) is 65.1 Å². The maximum Gasteiger partial charge on any atom is 0.224 e. The van der Waals surface area contributed by atoms with Gasteiger partial charge in [-0.2, -0.15) is 0 Å². The second-order valence-electron chi connectivity index (χ2n) is 6.15. The highest BCUT2D eigenvalue weighted by molar-refractivity contribution is 9.10. The first-order chi connectivity index (χ1) is 12.7. The fourth-order valence-electron chi connectivity index (χ4n) is 2.84. The van der Waals surface area contributed by atoms with E-state index in [1.807, 2.05) is 48.5 Å². The first kappa shape index (κ1) is 18.5. The zero-order chi connectivity index (χ0) is 18.4. The molecule has 3 aromatic rings. The van der Waals surface area contributed by atoms with Crippen molar-refractivity contribution in [3.8, 4) is 5.75 Å². The predicted octanol–water partition coefficient (Wildman–Crippen LogP) is 5.96. The Bertz CT molecular complexity index is 902. The van der Waals surface area contributed by atoms with Crippen molar-refractivity contribution in [2.45, 2.75) is 26.2 Å². The zero-order valence-electron chi connectivity index (χ0n) is 14.8. The second-order valence-corrected chi connectivity index (χ2v) is 7.00. The molecular weight excluding hydrogens is 390 g/mol. The van der Waals surface area contributed by atoms with Crippen LogP contribution >= 0.6 is 15.9 Å². The van der Waals surface area contributed by atoms with Crippen LogP contribution in [0.3, 0.4) is 0 Å². The average molecular weight is 412 g/mol. The van der Waals surface area contributed by atoms with Gasteiger partial charge >= 0.3 is 0 Å². The molecule has 0 saturated heterocycles. The van der Waals surface area contributed by atoms with Gasteiger partial charge < -0.3 is 10.1 Å². The first-order valence-electron chi connectivity index (χ1n) is 8.86. The third kappa shape index (κ3) is 4.64. The number of hydrogen-bond acceptors (Lipinski definition) is 2. The highest BCUT2D eigenvalue weighted by Gasteiger charge is 2.07. The standard InChI is InChI=1S/C22H22BrNO2/c1-2-16-12-13-21(19(23)15-16)26-14-6-11-22(25)24-20-10-5-8-17-7-3-4-9-18(17)20/h3-5,7-10,12-13,15H,2,6,11,14H2,1H3,(H,24,25). The first-order valence-corrected chi connectivity index (χ1v) is 9.65. The lowest BCUT2D eigenvalue weighted by molar-refractivity contribution is -0.116. The smallest absolute Gasteiger partial charge is 0.224 e. The number of benzene rings is 3. The van der Waals surface area contributed by atoms with Gasteiger partial charge in [-0.05, 0) is 57.9 Å². The average Bonchev–Trinajstić information content (AvgIpc) is 2.66. The zero-order valence-corrected chi connectivity index (χ0v) is 16.4. The van der Waals surface area contributed by atoms with Crippen LogP contribution in [-0.2, 0) is 11.2 Å². The van der Waals surface area contributed by atoms with Crippen LogP contribution in [0.5, 0.6) is 5.75 Å². The van der Waals surface area contributed by atoms with Crippen LogP contribution in [0.1, 0.15) is 25.3 Å². The molecule has 0 saturated carbocycles. The maximum atomic E-state index is 12.2. The largest absolute Gasteiger partial charge is 0.492 e. The summed E-state index contributed by atoms with van der Waals surface area (Å²) in [5.41, 5.74) is 2.12.